The van der Waals surface area contributed by atoms with Crippen molar-refractivity contribution in [2.45, 2.75) is 33.1 Å². The van der Waals surface area contributed by atoms with Gasteiger partial charge in [0.25, 0.3) is 5.91 Å². The monoisotopic (exact) mass is 262 g/mol. The fourth-order valence-corrected chi connectivity index (χ4v) is 2.34. The van der Waals surface area contributed by atoms with Crippen molar-refractivity contribution in [3.05, 3.63) is 18.0 Å². The third-order valence-corrected chi connectivity index (χ3v) is 3.35. The quantitative estimate of drug-likeness (QED) is 0.903. The van der Waals surface area contributed by atoms with E-state index in [1.54, 1.807) is 12.3 Å². The molecule has 1 amide bonds. The summed E-state index contributed by atoms with van der Waals surface area (Å²) in [5.41, 5.74) is 0.489. The highest BCUT2D eigenvalue weighted by Gasteiger charge is 2.23. The maximum absolute atomic E-state index is 12.4. The second-order valence-corrected chi connectivity index (χ2v) is 5.19. The van der Waals surface area contributed by atoms with Crippen molar-refractivity contribution in [2.24, 2.45) is 5.92 Å². The Labute approximate surface area is 114 Å². The topological polar surface area (TPSA) is 58.1 Å². The van der Waals surface area contributed by atoms with Crippen LogP contribution in [0.5, 0.6) is 0 Å². The molecule has 0 spiro atoms. The second-order valence-electron chi connectivity index (χ2n) is 5.19. The minimum Gasteiger partial charge on any atom is -0.354 e. The predicted octanol–water partition coefficient (Wildman–Crippen LogP) is 2.17. The molecule has 1 atom stereocenters. The van der Waals surface area contributed by atoms with E-state index in [0.29, 0.717) is 17.6 Å². The standard InChI is InChI=1S/C14H22N4O/c1-3-7-15-14-16-8-6-12(17-14)13(19)18-9-4-5-11(2)10-18/h6,8,11H,3-5,7,9-10H2,1-2H3,(H,15,16,17). The zero-order valence-electron chi connectivity index (χ0n) is 11.7. The maximum Gasteiger partial charge on any atom is 0.272 e. The van der Waals surface area contributed by atoms with Crippen molar-refractivity contribution in [1.29, 1.82) is 0 Å². The lowest BCUT2D eigenvalue weighted by molar-refractivity contribution is 0.0677. The fourth-order valence-electron chi connectivity index (χ4n) is 2.34. The zero-order chi connectivity index (χ0) is 13.7. The Bertz CT molecular complexity index is 435. The van der Waals surface area contributed by atoms with Crippen molar-refractivity contribution in [3.8, 4) is 0 Å². The van der Waals surface area contributed by atoms with Crippen molar-refractivity contribution in [2.75, 3.05) is 25.0 Å². The third-order valence-electron chi connectivity index (χ3n) is 3.35. The highest BCUT2D eigenvalue weighted by atomic mass is 16.2. The molecule has 0 aliphatic carbocycles. The number of likely N-dealkylation sites (tertiary alicyclic amines) is 1. The highest BCUT2D eigenvalue weighted by Crippen LogP contribution is 2.17. The first-order valence-corrected chi connectivity index (χ1v) is 7.07. The van der Waals surface area contributed by atoms with Crippen LogP contribution < -0.4 is 5.32 Å². The molecule has 1 aliphatic rings. The van der Waals surface area contributed by atoms with Gasteiger partial charge in [-0.1, -0.05) is 13.8 Å². The van der Waals surface area contributed by atoms with Crippen LogP contribution in [0, 0.1) is 5.92 Å². The van der Waals surface area contributed by atoms with E-state index < -0.39 is 0 Å². The summed E-state index contributed by atoms with van der Waals surface area (Å²) < 4.78 is 0. The van der Waals surface area contributed by atoms with Crippen LogP contribution in [0.1, 0.15) is 43.6 Å². The molecule has 2 heterocycles. The van der Waals surface area contributed by atoms with Gasteiger partial charge in [-0.25, -0.2) is 9.97 Å². The molecule has 0 saturated carbocycles. The Morgan fingerprint density at radius 3 is 3.16 bits per heavy atom. The van der Waals surface area contributed by atoms with Gasteiger partial charge in [0.1, 0.15) is 5.69 Å². The molecule has 1 saturated heterocycles. The Morgan fingerprint density at radius 2 is 2.42 bits per heavy atom. The van der Waals surface area contributed by atoms with E-state index in [4.69, 9.17) is 0 Å². The molecule has 0 radical (unpaired) electrons. The summed E-state index contributed by atoms with van der Waals surface area (Å²) in [5.74, 6) is 1.14. The minimum atomic E-state index is 0.0218. The predicted molar refractivity (Wildman–Crippen MR) is 75.1 cm³/mol. The van der Waals surface area contributed by atoms with Gasteiger partial charge in [0.2, 0.25) is 5.95 Å². The summed E-state index contributed by atoms with van der Waals surface area (Å²) in [5, 5.41) is 3.11. The van der Waals surface area contributed by atoms with Gasteiger partial charge in [-0.2, -0.15) is 0 Å². The molecule has 1 aromatic rings. The average Bonchev–Trinajstić information content (AvgIpc) is 2.44. The van der Waals surface area contributed by atoms with E-state index in [1.807, 2.05) is 4.90 Å². The van der Waals surface area contributed by atoms with Crippen LogP contribution in [-0.4, -0.2) is 40.4 Å². The number of carbonyl (C=O) groups is 1. The van der Waals surface area contributed by atoms with Crippen LogP contribution in [-0.2, 0) is 0 Å². The van der Waals surface area contributed by atoms with Gasteiger partial charge in [-0.3, -0.25) is 4.79 Å². The van der Waals surface area contributed by atoms with Gasteiger partial charge >= 0.3 is 0 Å². The number of aromatic nitrogens is 2. The molecule has 5 heteroatoms. The first-order chi connectivity index (χ1) is 9.20. The molecule has 104 valence electrons. The van der Waals surface area contributed by atoms with Gasteiger partial charge in [-0.05, 0) is 31.2 Å². The zero-order valence-corrected chi connectivity index (χ0v) is 11.7. The normalized spacial score (nSPS) is 19.3. The Morgan fingerprint density at radius 1 is 1.58 bits per heavy atom. The third kappa shape index (κ3) is 3.66. The molecule has 1 fully saturated rings. The van der Waals surface area contributed by atoms with Gasteiger partial charge in [-0.15, -0.1) is 0 Å². The lowest BCUT2D eigenvalue weighted by Gasteiger charge is -2.30. The lowest BCUT2D eigenvalue weighted by atomic mass is 10.00. The first kappa shape index (κ1) is 13.8. The van der Waals surface area contributed by atoms with E-state index >= 15 is 0 Å². The van der Waals surface area contributed by atoms with Crippen LogP contribution in [0.15, 0.2) is 12.3 Å². The number of amides is 1. The van der Waals surface area contributed by atoms with E-state index in [2.05, 4.69) is 29.1 Å². The molecule has 0 aromatic carbocycles. The summed E-state index contributed by atoms with van der Waals surface area (Å²) >= 11 is 0. The van der Waals surface area contributed by atoms with Gasteiger partial charge in [0.15, 0.2) is 0 Å². The molecule has 1 unspecified atom stereocenters. The summed E-state index contributed by atoms with van der Waals surface area (Å²) in [6.45, 7) is 6.76. The van der Waals surface area contributed by atoms with Crippen LogP contribution in [0.25, 0.3) is 0 Å². The smallest absolute Gasteiger partial charge is 0.272 e. The fraction of sp³-hybridized carbons (Fsp3) is 0.643. The summed E-state index contributed by atoms with van der Waals surface area (Å²) in [4.78, 5) is 22.7. The summed E-state index contributed by atoms with van der Waals surface area (Å²) in [6.07, 6.45) is 4.94. The van der Waals surface area contributed by atoms with Gasteiger partial charge in [0, 0.05) is 25.8 Å². The Hall–Kier alpha value is -1.65. The second kappa shape index (κ2) is 6.50. The number of nitrogens with zero attached hydrogens (tertiary/aromatic N) is 3. The maximum atomic E-state index is 12.4. The first-order valence-electron chi connectivity index (χ1n) is 7.07. The van der Waals surface area contributed by atoms with Crippen LogP contribution in [0.2, 0.25) is 0 Å². The number of hydrogen-bond donors (Lipinski definition) is 1. The number of anilines is 1. The number of carbonyl (C=O) groups excluding carboxylic acids is 1. The number of rotatable bonds is 4. The van der Waals surface area contributed by atoms with E-state index in [0.717, 1.165) is 32.5 Å². The number of piperidine rings is 1. The molecule has 19 heavy (non-hydrogen) atoms. The highest BCUT2D eigenvalue weighted by molar-refractivity contribution is 5.92. The van der Waals surface area contributed by atoms with E-state index in [-0.39, 0.29) is 5.91 Å². The average molecular weight is 262 g/mol. The molecular weight excluding hydrogens is 240 g/mol. The van der Waals surface area contributed by atoms with Crippen molar-refractivity contribution >= 4 is 11.9 Å². The molecule has 2 rings (SSSR count). The molecule has 0 bridgehead atoms. The van der Waals surface area contributed by atoms with Crippen molar-refractivity contribution in [1.82, 2.24) is 14.9 Å². The summed E-state index contributed by atoms with van der Waals surface area (Å²) in [7, 11) is 0. The minimum absolute atomic E-state index is 0.0218. The largest absolute Gasteiger partial charge is 0.354 e. The van der Waals surface area contributed by atoms with Crippen LogP contribution in [0.4, 0.5) is 5.95 Å². The van der Waals surface area contributed by atoms with E-state index in [1.165, 1.54) is 6.42 Å². The Kier molecular flexibility index (Phi) is 4.71. The molecule has 1 aliphatic heterocycles. The van der Waals surface area contributed by atoms with Gasteiger partial charge in [0.05, 0.1) is 0 Å². The van der Waals surface area contributed by atoms with Crippen LogP contribution in [0.3, 0.4) is 0 Å². The van der Waals surface area contributed by atoms with Crippen molar-refractivity contribution in [3.63, 3.8) is 0 Å². The Balaban J connectivity index is 2.05. The number of hydrogen-bond acceptors (Lipinski definition) is 4. The molecular formula is C14H22N4O. The molecule has 1 aromatic heterocycles. The van der Waals surface area contributed by atoms with Gasteiger partial charge < -0.3 is 10.2 Å². The lowest BCUT2D eigenvalue weighted by Crippen LogP contribution is -2.39. The van der Waals surface area contributed by atoms with Crippen molar-refractivity contribution < 1.29 is 4.79 Å². The van der Waals surface area contributed by atoms with E-state index in [9.17, 15) is 4.79 Å². The number of nitrogens with one attached hydrogen (secondary N) is 1. The summed E-state index contributed by atoms with van der Waals surface area (Å²) in [6, 6.07) is 1.69. The SMILES string of the molecule is CCCNc1nccc(C(=O)N2CCCC(C)C2)n1. The van der Waals surface area contributed by atoms with Crippen LogP contribution >= 0.6 is 0 Å². The molecule has 5 nitrogen and oxygen atoms in total. The molecule has 1 N–H and O–H groups in total.